The highest BCUT2D eigenvalue weighted by Crippen LogP contribution is 2.40. The van der Waals surface area contributed by atoms with Gasteiger partial charge >= 0.3 is 0 Å². The summed E-state index contributed by atoms with van der Waals surface area (Å²) in [7, 11) is 1.54. The summed E-state index contributed by atoms with van der Waals surface area (Å²) in [6, 6.07) is 13.3. The largest absolute Gasteiger partial charge is 0.503 e. The molecular formula is C25H24BrNO6. The van der Waals surface area contributed by atoms with Crippen LogP contribution >= 0.6 is 15.9 Å². The summed E-state index contributed by atoms with van der Waals surface area (Å²) in [6.45, 7) is 4.26. The van der Waals surface area contributed by atoms with E-state index in [9.17, 15) is 14.7 Å². The number of aliphatic hydroxyl groups is 1. The Morgan fingerprint density at radius 3 is 2.73 bits per heavy atom. The molecule has 1 aliphatic rings. The zero-order chi connectivity index (χ0) is 23.7. The summed E-state index contributed by atoms with van der Waals surface area (Å²) in [6.07, 6.45) is -0.0181. The van der Waals surface area contributed by atoms with Gasteiger partial charge in [-0.15, -0.1) is 0 Å². The number of halogens is 1. The molecule has 2 aromatic carbocycles. The van der Waals surface area contributed by atoms with Crippen molar-refractivity contribution in [1.82, 2.24) is 4.90 Å². The monoisotopic (exact) mass is 513 g/mol. The number of ether oxygens (including phenoxy) is 2. The number of ketones is 1. The predicted molar refractivity (Wildman–Crippen MR) is 126 cm³/mol. The lowest BCUT2D eigenvalue weighted by atomic mass is 9.95. The number of methoxy groups -OCH3 is 1. The molecule has 1 unspecified atom stereocenters. The van der Waals surface area contributed by atoms with E-state index in [4.69, 9.17) is 13.9 Å². The number of carbonyl (C=O) groups is 2. The van der Waals surface area contributed by atoms with Gasteiger partial charge < -0.3 is 23.9 Å². The first-order valence-electron chi connectivity index (χ1n) is 10.5. The van der Waals surface area contributed by atoms with Crippen molar-refractivity contribution in [3.05, 3.63) is 75.7 Å². The molecule has 0 aliphatic carbocycles. The van der Waals surface area contributed by atoms with Crippen LogP contribution in [0.1, 0.15) is 36.0 Å². The maximum Gasteiger partial charge on any atom is 0.290 e. The zero-order valence-electron chi connectivity index (χ0n) is 18.5. The quantitative estimate of drug-likeness (QED) is 0.416. The topological polar surface area (TPSA) is 89.2 Å². The second-order valence-corrected chi connectivity index (χ2v) is 8.90. The number of hydrogen-bond donors (Lipinski definition) is 1. The Balaban J connectivity index is 1.76. The van der Waals surface area contributed by atoms with Crippen molar-refractivity contribution in [2.45, 2.75) is 26.0 Å². The zero-order valence-corrected chi connectivity index (χ0v) is 20.1. The van der Waals surface area contributed by atoms with Gasteiger partial charge in [0, 0.05) is 16.4 Å². The molecule has 3 aromatic rings. The number of fused-ring (bicyclic) bond motifs is 1. The molecule has 0 saturated carbocycles. The Morgan fingerprint density at radius 2 is 2.00 bits per heavy atom. The number of amides is 1. The molecule has 8 heteroatoms. The molecule has 1 atom stereocenters. The van der Waals surface area contributed by atoms with Crippen LogP contribution in [0.4, 0.5) is 0 Å². The SMILES string of the molecule is COc1cccc(C2C(C(=O)c3cc4cc(Br)ccc4o3)=C(O)C(=O)N2CCOC(C)C)c1. The van der Waals surface area contributed by atoms with Gasteiger partial charge in [-0.3, -0.25) is 9.59 Å². The van der Waals surface area contributed by atoms with Gasteiger partial charge in [0.2, 0.25) is 5.78 Å². The molecule has 1 aliphatic heterocycles. The van der Waals surface area contributed by atoms with E-state index < -0.39 is 23.5 Å². The van der Waals surface area contributed by atoms with Crippen LogP contribution in [0.15, 0.2) is 68.8 Å². The first-order valence-corrected chi connectivity index (χ1v) is 11.3. The second kappa shape index (κ2) is 9.41. The molecule has 1 aromatic heterocycles. The highest BCUT2D eigenvalue weighted by Gasteiger charge is 2.44. The van der Waals surface area contributed by atoms with Crippen LogP contribution in [-0.4, -0.2) is 48.1 Å². The molecule has 0 fully saturated rings. The van der Waals surface area contributed by atoms with E-state index in [-0.39, 0.29) is 30.6 Å². The van der Waals surface area contributed by atoms with Crippen LogP contribution in [0.25, 0.3) is 11.0 Å². The minimum Gasteiger partial charge on any atom is -0.503 e. The minimum absolute atomic E-state index is 0.0181. The lowest BCUT2D eigenvalue weighted by molar-refractivity contribution is -0.130. The van der Waals surface area contributed by atoms with Crippen molar-refractivity contribution in [3.8, 4) is 5.75 Å². The molecule has 0 bridgehead atoms. The fourth-order valence-corrected chi connectivity index (χ4v) is 4.30. The van der Waals surface area contributed by atoms with Crippen molar-refractivity contribution in [3.63, 3.8) is 0 Å². The van der Waals surface area contributed by atoms with Gasteiger partial charge in [-0.2, -0.15) is 0 Å². The minimum atomic E-state index is -0.809. The predicted octanol–water partition coefficient (Wildman–Crippen LogP) is 5.21. The smallest absolute Gasteiger partial charge is 0.290 e. The van der Waals surface area contributed by atoms with Gasteiger partial charge in [0.05, 0.1) is 31.4 Å². The molecule has 4 rings (SSSR count). The number of benzene rings is 2. The molecule has 0 saturated heterocycles. The number of nitrogens with zero attached hydrogens (tertiary/aromatic N) is 1. The highest BCUT2D eigenvalue weighted by molar-refractivity contribution is 9.10. The third-order valence-corrected chi connectivity index (χ3v) is 5.94. The first kappa shape index (κ1) is 23.1. The summed E-state index contributed by atoms with van der Waals surface area (Å²) < 4.78 is 17.6. The second-order valence-electron chi connectivity index (χ2n) is 7.98. The first-order chi connectivity index (χ1) is 15.8. The Labute approximate surface area is 199 Å². The van der Waals surface area contributed by atoms with Gasteiger partial charge in [0.25, 0.3) is 5.91 Å². The molecule has 1 amide bonds. The van der Waals surface area contributed by atoms with Crippen LogP contribution < -0.4 is 4.74 Å². The number of Topliss-reactive ketones (excluding diaryl/α,β-unsaturated/α-hetero) is 1. The van der Waals surface area contributed by atoms with Crippen molar-refractivity contribution in [2.24, 2.45) is 0 Å². The molecule has 33 heavy (non-hydrogen) atoms. The number of carbonyl (C=O) groups excluding carboxylic acids is 2. The van der Waals surface area contributed by atoms with E-state index in [1.165, 1.54) is 4.90 Å². The van der Waals surface area contributed by atoms with Crippen LogP contribution in [0.2, 0.25) is 0 Å². The maximum atomic E-state index is 13.6. The molecule has 172 valence electrons. The van der Waals surface area contributed by atoms with E-state index in [0.717, 1.165) is 9.86 Å². The third kappa shape index (κ3) is 4.54. The molecule has 0 radical (unpaired) electrons. The standard InChI is InChI=1S/C25H24BrNO6/c1-14(2)32-10-9-27-22(15-5-4-6-18(12-15)31-3)21(24(29)25(27)30)23(28)20-13-16-11-17(26)7-8-19(16)33-20/h4-8,11-14,22,29H,9-10H2,1-3H3. The van der Waals surface area contributed by atoms with E-state index in [1.807, 2.05) is 26.0 Å². The van der Waals surface area contributed by atoms with Gasteiger partial charge in [-0.25, -0.2) is 0 Å². The Morgan fingerprint density at radius 1 is 1.21 bits per heavy atom. The van der Waals surface area contributed by atoms with Crippen LogP contribution in [-0.2, 0) is 9.53 Å². The summed E-state index contributed by atoms with van der Waals surface area (Å²) in [5.41, 5.74) is 1.14. The Kier molecular flexibility index (Phi) is 6.58. The molecule has 0 spiro atoms. The number of hydrogen-bond acceptors (Lipinski definition) is 6. The average molecular weight is 514 g/mol. The fourth-order valence-electron chi connectivity index (χ4n) is 3.92. The van der Waals surface area contributed by atoms with Crippen molar-refractivity contribution >= 4 is 38.6 Å². The number of furan rings is 1. The van der Waals surface area contributed by atoms with Gasteiger partial charge in [-0.05, 0) is 55.8 Å². The summed E-state index contributed by atoms with van der Waals surface area (Å²) in [4.78, 5) is 28.0. The molecule has 7 nitrogen and oxygen atoms in total. The number of aliphatic hydroxyl groups excluding tert-OH is 1. The van der Waals surface area contributed by atoms with E-state index >= 15 is 0 Å². The normalized spacial score (nSPS) is 16.3. The van der Waals surface area contributed by atoms with Crippen molar-refractivity contribution in [2.75, 3.05) is 20.3 Å². The van der Waals surface area contributed by atoms with Crippen molar-refractivity contribution in [1.29, 1.82) is 0 Å². The Hall–Kier alpha value is -3.10. The lowest BCUT2D eigenvalue weighted by Gasteiger charge is -2.27. The number of rotatable bonds is 8. The van der Waals surface area contributed by atoms with Crippen LogP contribution in [0.3, 0.4) is 0 Å². The molecule has 2 heterocycles. The summed E-state index contributed by atoms with van der Waals surface area (Å²) in [5.74, 6) is -1.14. The fraction of sp³-hybridized carbons (Fsp3) is 0.280. The van der Waals surface area contributed by atoms with E-state index in [1.54, 1.807) is 43.5 Å². The van der Waals surface area contributed by atoms with Gasteiger partial charge in [0.1, 0.15) is 11.3 Å². The maximum absolute atomic E-state index is 13.6. The van der Waals surface area contributed by atoms with E-state index in [2.05, 4.69) is 15.9 Å². The molecule has 1 N–H and O–H groups in total. The van der Waals surface area contributed by atoms with Gasteiger partial charge in [0.15, 0.2) is 11.5 Å². The molecular weight excluding hydrogens is 490 g/mol. The highest BCUT2D eigenvalue weighted by atomic mass is 79.9. The van der Waals surface area contributed by atoms with Crippen molar-refractivity contribution < 1.29 is 28.6 Å². The lowest BCUT2D eigenvalue weighted by Crippen LogP contribution is -2.34. The van der Waals surface area contributed by atoms with Gasteiger partial charge in [-0.1, -0.05) is 28.1 Å². The third-order valence-electron chi connectivity index (χ3n) is 5.44. The van der Waals surface area contributed by atoms with Crippen LogP contribution in [0.5, 0.6) is 5.75 Å². The average Bonchev–Trinajstić information content (AvgIpc) is 3.32. The summed E-state index contributed by atoms with van der Waals surface area (Å²) >= 11 is 3.41. The summed E-state index contributed by atoms with van der Waals surface area (Å²) in [5, 5.41) is 11.5. The Bertz CT molecular complexity index is 1240. The van der Waals surface area contributed by atoms with Crippen LogP contribution in [0, 0.1) is 0 Å². The van der Waals surface area contributed by atoms with E-state index in [0.29, 0.717) is 16.9 Å².